The number of benzene rings is 1. The van der Waals surface area contributed by atoms with E-state index in [0.29, 0.717) is 30.5 Å². The van der Waals surface area contributed by atoms with Crippen molar-refractivity contribution in [2.24, 2.45) is 0 Å². The Labute approximate surface area is 137 Å². The van der Waals surface area contributed by atoms with Crippen molar-refractivity contribution in [3.63, 3.8) is 0 Å². The number of carbonyl (C=O) groups is 1. The molecule has 1 aromatic carbocycles. The number of nitrogens with zero attached hydrogens (tertiary/aromatic N) is 2. The minimum atomic E-state index is -0.316. The predicted molar refractivity (Wildman–Crippen MR) is 85.4 cm³/mol. The quantitative estimate of drug-likeness (QED) is 0.861. The largest absolute Gasteiger partial charge is 0.488 e. The van der Waals surface area contributed by atoms with Crippen molar-refractivity contribution in [2.45, 2.75) is 31.3 Å². The van der Waals surface area contributed by atoms with Gasteiger partial charge in [-0.15, -0.1) is 11.3 Å². The molecule has 1 aliphatic heterocycles. The summed E-state index contributed by atoms with van der Waals surface area (Å²) in [6, 6.07) is 6.11. The minimum Gasteiger partial charge on any atom is -0.488 e. The van der Waals surface area contributed by atoms with Crippen LogP contribution in [-0.4, -0.2) is 35.0 Å². The van der Waals surface area contributed by atoms with Crippen molar-refractivity contribution < 1.29 is 13.9 Å². The zero-order chi connectivity index (χ0) is 15.8. The van der Waals surface area contributed by atoms with Crippen molar-refractivity contribution in [3.8, 4) is 5.75 Å². The normalized spacial score (nSPS) is 20.7. The highest BCUT2D eigenvalue weighted by atomic mass is 32.1. The van der Waals surface area contributed by atoms with Gasteiger partial charge in [0.15, 0.2) is 0 Å². The fraction of sp³-hybridized carbons (Fsp3) is 0.412. The van der Waals surface area contributed by atoms with E-state index < -0.39 is 0 Å². The zero-order valence-corrected chi connectivity index (χ0v) is 13.4. The van der Waals surface area contributed by atoms with Crippen molar-refractivity contribution in [1.29, 1.82) is 0 Å². The molecule has 6 heteroatoms. The third kappa shape index (κ3) is 3.22. The average Bonchev–Trinajstić information content (AvgIpc) is 3.09. The van der Waals surface area contributed by atoms with Crippen LogP contribution in [0.1, 0.15) is 40.7 Å². The lowest BCUT2D eigenvalue weighted by Gasteiger charge is -2.16. The van der Waals surface area contributed by atoms with Gasteiger partial charge in [0.2, 0.25) is 0 Å². The van der Waals surface area contributed by atoms with E-state index >= 15 is 0 Å². The number of ether oxygens (including phenoxy) is 1. The molecule has 0 bridgehead atoms. The summed E-state index contributed by atoms with van der Waals surface area (Å²) in [4.78, 5) is 18.8. The Kier molecular flexibility index (Phi) is 3.77. The third-order valence-electron chi connectivity index (χ3n) is 4.20. The maximum Gasteiger partial charge on any atom is 0.273 e. The van der Waals surface area contributed by atoms with Gasteiger partial charge >= 0.3 is 0 Å². The van der Waals surface area contributed by atoms with E-state index in [0.717, 1.165) is 11.4 Å². The predicted octanol–water partition coefficient (Wildman–Crippen LogP) is 3.45. The van der Waals surface area contributed by atoms with Gasteiger partial charge in [-0.25, -0.2) is 9.37 Å². The first-order chi connectivity index (χ1) is 11.2. The Hall–Kier alpha value is -1.95. The van der Waals surface area contributed by atoms with Gasteiger partial charge in [0, 0.05) is 30.3 Å². The van der Waals surface area contributed by atoms with Gasteiger partial charge in [0.25, 0.3) is 5.91 Å². The number of carbonyl (C=O) groups excluding carboxylic acids is 1. The van der Waals surface area contributed by atoms with Gasteiger partial charge in [-0.1, -0.05) is 6.07 Å². The number of amides is 1. The number of thiazole rings is 1. The van der Waals surface area contributed by atoms with Gasteiger partial charge < -0.3 is 9.64 Å². The van der Waals surface area contributed by atoms with Gasteiger partial charge in [-0.2, -0.15) is 0 Å². The summed E-state index contributed by atoms with van der Waals surface area (Å²) in [5, 5.41) is 2.94. The second-order valence-corrected chi connectivity index (χ2v) is 6.97. The van der Waals surface area contributed by atoms with Gasteiger partial charge in [-0.05, 0) is 25.0 Å². The molecule has 120 valence electrons. The molecule has 1 atom stereocenters. The number of halogens is 1. The van der Waals surface area contributed by atoms with Crippen LogP contribution in [-0.2, 0) is 0 Å². The topological polar surface area (TPSA) is 42.4 Å². The van der Waals surface area contributed by atoms with E-state index in [9.17, 15) is 9.18 Å². The summed E-state index contributed by atoms with van der Waals surface area (Å²) in [5.74, 6) is 0.736. The maximum atomic E-state index is 13.2. The molecule has 23 heavy (non-hydrogen) atoms. The highest BCUT2D eigenvalue weighted by Gasteiger charge is 2.31. The molecule has 0 radical (unpaired) electrons. The zero-order valence-electron chi connectivity index (χ0n) is 12.6. The van der Waals surface area contributed by atoms with Crippen LogP contribution in [0.4, 0.5) is 4.39 Å². The molecule has 2 fully saturated rings. The van der Waals surface area contributed by atoms with Gasteiger partial charge in [0.05, 0.1) is 11.6 Å². The molecule has 1 saturated heterocycles. The van der Waals surface area contributed by atoms with E-state index in [4.69, 9.17) is 4.74 Å². The molecule has 4 nitrogen and oxygen atoms in total. The van der Waals surface area contributed by atoms with E-state index in [-0.39, 0.29) is 17.8 Å². The first-order valence-corrected chi connectivity index (χ1v) is 8.74. The number of likely N-dealkylation sites (tertiary alicyclic amines) is 1. The van der Waals surface area contributed by atoms with E-state index in [1.807, 2.05) is 5.38 Å². The molecule has 2 heterocycles. The molecule has 1 aromatic heterocycles. The molecule has 1 amide bonds. The molecule has 1 saturated carbocycles. The van der Waals surface area contributed by atoms with Crippen molar-refractivity contribution in [2.75, 3.05) is 13.1 Å². The van der Waals surface area contributed by atoms with E-state index in [2.05, 4.69) is 4.98 Å². The standard InChI is InChI=1S/C17H17FN2O2S/c18-12-2-1-3-13(8-12)22-14-6-7-20(9-14)17(21)15-10-23-16(19-15)11-4-5-11/h1-3,8,10-11,14H,4-7,9H2/t14-/m0/s1. The first-order valence-electron chi connectivity index (χ1n) is 7.86. The van der Waals surface area contributed by atoms with Crippen LogP contribution in [0.5, 0.6) is 5.75 Å². The van der Waals surface area contributed by atoms with E-state index in [1.54, 1.807) is 28.4 Å². The number of rotatable bonds is 4. The highest BCUT2D eigenvalue weighted by Crippen LogP contribution is 2.41. The summed E-state index contributed by atoms with van der Waals surface area (Å²) in [5.41, 5.74) is 0.545. The van der Waals surface area contributed by atoms with E-state index in [1.165, 1.54) is 25.0 Å². The molecule has 0 N–H and O–H groups in total. The molecule has 4 rings (SSSR count). The molecule has 2 aromatic rings. The maximum absolute atomic E-state index is 13.2. The lowest BCUT2D eigenvalue weighted by molar-refractivity contribution is 0.0767. The first kappa shape index (κ1) is 14.6. The smallest absolute Gasteiger partial charge is 0.273 e. The van der Waals surface area contributed by atoms with Crippen LogP contribution < -0.4 is 4.74 Å². The Balaban J connectivity index is 1.38. The van der Waals surface area contributed by atoms with Gasteiger partial charge in [0.1, 0.15) is 23.4 Å². The lowest BCUT2D eigenvalue weighted by Crippen LogP contribution is -2.31. The van der Waals surface area contributed by atoms with Crippen molar-refractivity contribution >= 4 is 17.2 Å². The second kappa shape index (κ2) is 5.92. The molecular weight excluding hydrogens is 315 g/mol. The number of aromatic nitrogens is 1. The van der Waals surface area contributed by atoms with Gasteiger partial charge in [-0.3, -0.25) is 4.79 Å². The fourth-order valence-corrected chi connectivity index (χ4v) is 3.77. The Bertz CT molecular complexity index is 729. The highest BCUT2D eigenvalue weighted by molar-refractivity contribution is 7.10. The van der Waals surface area contributed by atoms with Crippen LogP contribution in [0.3, 0.4) is 0 Å². The van der Waals surface area contributed by atoms with Crippen LogP contribution in [0.2, 0.25) is 0 Å². The molecule has 2 aliphatic rings. The third-order valence-corrected chi connectivity index (χ3v) is 5.21. The second-order valence-electron chi connectivity index (χ2n) is 6.08. The van der Waals surface area contributed by atoms with Crippen molar-refractivity contribution in [1.82, 2.24) is 9.88 Å². The monoisotopic (exact) mass is 332 g/mol. The Morgan fingerprint density at radius 1 is 1.35 bits per heavy atom. The summed E-state index contributed by atoms with van der Waals surface area (Å²) >= 11 is 1.58. The van der Waals surface area contributed by atoms with Crippen LogP contribution in [0.25, 0.3) is 0 Å². The summed E-state index contributed by atoms with van der Waals surface area (Å²) in [6.45, 7) is 1.17. The lowest BCUT2D eigenvalue weighted by atomic mass is 10.3. The van der Waals surface area contributed by atoms with Crippen molar-refractivity contribution in [3.05, 3.63) is 46.2 Å². The van der Waals surface area contributed by atoms with Crippen LogP contribution in [0.15, 0.2) is 29.6 Å². The van der Waals surface area contributed by atoms with Crippen LogP contribution in [0, 0.1) is 5.82 Å². The molecule has 0 spiro atoms. The molecule has 0 unspecified atom stereocenters. The summed E-state index contributed by atoms with van der Waals surface area (Å²) < 4.78 is 19.0. The molecular formula is C17H17FN2O2S. The summed E-state index contributed by atoms with van der Waals surface area (Å²) in [6.07, 6.45) is 3.03. The Morgan fingerprint density at radius 3 is 3.00 bits per heavy atom. The number of hydrogen-bond donors (Lipinski definition) is 0. The number of hydrogen-bond acceptors (Lipinski definition) is 4. The Morgan fingerprint density at radius 2 is 2.22 bits per heavy atom. The SMILES string of the molecule is O=C(c1csc(C2CC2)n1)N1CC[C@H](Oc2cccc(F)c2)C1. The fourth-order valence-electron chi connectivity index (χ4n) is 2.81. The minimum absolute atomic E-state index is 0.0292. The molecule has 1 aliphatic carbocycles. The average molecular weight is 332 g/mol. The van der Waals surface area contributed by atoms with Crippen LogP contribution >= 0.6 is 11.3 Å². The summed E-state index contributed by atoms with van der Waals surface area (Å²) in [7, 11) is 0.